The molecule has 0 radical (unpaired) electrons. The number of likely N-dealkylation sites (tertiary alicyclic amines) is 1. The summed E-state index contributed by atoms with van der Waals surface area (Å²) in [7, 11) is 0. The fraction of sp³-hybridized carbons (Fsp3) is 0.875. The van der Waals surface area contributed by atoms with E-state index in [1.54, 1.807) is 0 Å². The molecule has 2 heteroatoms. The summed E-state index contributed by atoms with van der Waals surface area (Å²) in [4.78, 5) is 12.6. The van der Waals surface area contributed by atoms with Crippen LogP contribution in [0.5, 0.6) is 0 Å². The molecule has 0 N–H and O–H groups in total. The third-order valence-corrected chi connectivity index (χ3v) is 1.55. The summed E-state index contributed by atoms with van der Waals surface area (Å²) in [5, 5.41) is 0. The highest BCUT2D eigenvalue weighted by Gasteiger charge is 2.16. The molecule has 1 aliphatic heterocycles. The Hall–Kier alpha value is -0.530. The zero-order chi connectivity index (χ0) is 7.98. The predicted molar refractivity (Wildman–Crippen MR) is 42.8 cm³/mol. The highest BCUT2D eigenvalue weighted by molar-refractivity contribution is 5.77. The molecule has 0 saturated carbocycles. The minimum Gasteiger partial charge on any atom is -0.343 e. The van der Waals surface area contributed by atoms with E-state index in [2.05, 4.69) is 0 Å². The van der Waals surface area contributed by atoms with E-state index in [0.717, 1.165) is 25.9 Å². The van der Waals surface area contributed by atoms with E-state index in [0.29, 0.717) is 5.91 Å². The molecule has 1 aliphatic rings. The van der Waals surface area contributed by atoms with Gasteiger partial charge in [0.05, 0.1) is 0 Å². The number of carbonyl (C=O) groups excluding carboxylic acids is 1. The number of hydrogen-bond donors (Lipinski definition) is 0. The Morgan fingerprint density at radius 2 is 2.10 bits per heavy atom. The first-order chi connectivity index (χ1) is 4.84. The van der Waals surface area contributed by atoms with Crippen molar-refractivity contribution in [2.45, 2.75) is 33.6 Å². The number of rotatable bonds is 1. The Labute approximate surface area is 63.2 Å². The lowest BCUT2D eigenvalue weighted by Crippen LogP contribution is -2.23. The third-order valence-electron chi connectivity index (χ3n) is 1.55. The maximum Gasteiger partial charge on any atom is 0.222 e. The van der Waals surface area contributed by atoms with E-state index in [9.17, 15) is 4.79 Å². The molecule has 2 nitrogen and oxygen atoms in total. The lowest BCUT2D eigenvalue weighted by molar-refractivity contribution is -0.127. The van der Waals surface area contributed by atoms with Crippen LogP contribution in [0.1, 0.15) is 33.6 Å². The van der Waals surface area contributed by atoms with Crippen molar-refractivity contribution >= 4 is 5.91 Å². The predicted octanol–water partition coefficient (Wildman–Crippen LogP) is 1.65. The quantitative estimate of drug-likeness (QED) is 0.546. The summed E-state index contributed by atoms with van der Waals surface area (Å²) < 4.78 is 0. The second-order valence-corrected chi connectivity index (χ2v) is 2.08. The molecule has 0 unspecified atom stereocenters. The topological polar surface area (TPSA) is 20.3 Å². The summed E-state index contributed by atoms with van der Waals surface area (Å²) in [6.07, 6.45) is 1.83. The van der Waals surface area contributed by atoms with Gasteiger partial charge in [-0.25, -0.2) is 0 Å². The summed E-state index contributed by atoms with van der Waals surface area (Å²) in [5.74, 6) is 0.326. The van der Waals surface area contributed by atoms with Crippen molar-refractivity contribution in [3.63, 3.8) is 0 Å². The Kier molecular flexibility index (Phi) is 4.99. The van der Waals surface area contributed by atoms with Crippen molar-refractivity contribution in [3.05, 3.63) is 0 Å². The van der Waals surface area contributed by atoms with Crippen LogP contribution in [-0.2, 0) is 4.79 Å². The monoisotopic (exact) mass is 143 g/mol. The van der Waals surface area contributed by atoms with Crippen LogP contribution in [0, 0.1) is 0 Å². The molecular weight excluding hydrogens is 126 g/mol. The normalized spacial score (nSPS) is 16.7. The first-order valence-electron chi connectivity index (χ1n) is 4.12. The largest absolute Gasteiger partial charge is 0.343 e. The molecule has 1 amide bonds. The van der Waals surface area contributed by atoms with Crippen LogP contribution in [0.25, 0.3) is 0 Å². The molecule has 0 aromatic rings. The van der Waals surface area contributed by atoms with Gasteiger partial charge in [0.1, 0.15) is 0 Å². The van der Waals surface area contributed by atoms with Crippen LogP contribution < -0.4 is 0 Å². The Bertz CT molecular complexity index is 101. The Morgan fingerprint density at radius 1 is 1.50 bits per heavy atom. The van der Waals surface area contributed by atoms with Gasteiger partial charge in [-0.2, -0.15) is 0 Å². The standard InChI is InChI=1S/C6H11NO.C2H6/c1-2-7-5-3-4-6(7)8;1-2/h2-5H2,1H3;1-2H3. The summed E-state index contributed by atoms with van der Waals surface area (Å²) >= 11 is 0. The smallest absolute Gasteiger partial charge is 0.222 e. The lowest BCUT2D eigenvalue weighted by Gasteiger charge is -2.10. The van der Waals surface area contributed by atoms with Gasteiger partial charge in [-0.15, -0.1) is 0 Å². The summed E-state index contributed by atoms with van der Waals surface area (Å²) in [5.41, 5.74) is 0. The minimum atomic E-state index is 0.326. The molecule has 10 heavy (non-hydrogen) atoms. The van der Waals surface area contributed by atoms with Crippen molar-refractivity contribution in [2.75, 3.05) is 13.1 Å². The van der Waals surface area contributed by atoms with E-state index >= 15 is 0 Å². The zero-order valence-electron chi connectivity index (χ0n) is 7.18. The second-order valence-electron chi connectivity index (χ2n) is 2.08. The molecule has 1 saturated heterocycles. The molecule has 0 aliphatic carbocycles. The fourth-order valence-electron chi connectivity index (χ4n) is 1.04. The minimum absolute atomic E-state index is 0.326. The van der Waals surface area contributed by atoms with Crippen LogP contribution >= 0.6 is 0 Å². The Morgan fingerprint density at radius 3 is 2.30 bits per heavy atom. The second kappa shape index (κ2) is 5.27. The van der Waals surface area contributed by atoms with Crippen LogP contribution in [0.2, 0.25) is 0 Å². The molecule has 1 heterocycles. The van der Waals surface area contributed by atoms with Gasteiger partial charge < -0.3 is 4.90 Å². The average molecular weight is 143 g/mol. The Balaban J connectivity index is 0.000000371. The first kappa shape index (κ1) is 9.47. The van der Waals surface area contributed by atoms with E-state index in [1.165, 1.54) is 0 Å². The van der Waals surface area contributed by atoms with Gasteiger partial charge in [-0.1, -0.05) is 13.8 Å². The maximum atomic E-state index is 10.7. The van der Waals surface area contributed by atoms with E-state index < -0.39 is 0 Å². The number of hydrogen-bond acceptors (Lipinski definition) is 1. The highest BCUT2D eigenvalue weighted by Crippen LogP contribution is 2.07. The van der Waals surface area contributed by atoms with Gasteiger partial charge in [0, 0.05) is 19.5 Å². The van der Waals surface area contributed by atoms with E-state index in [4.69, 9.17) is 0 Å². The van der Waals surface area contributed by atoms with Gasteiger partial charge >= 0.3 is 0 Å². The first-order valence-corrected chi connectivity index (χ1v) is 4.12. The number of carbonyl (C=O) groups is 1. The van der Waals surface area contributed by atoms with E-state index in [-0.39, 0.29) is 0 Å². The lowest BCUT2D eigenvalue weighted by atomic mass is 10.4. The molecule has 0 aromatic carbocycles. The molecule has 0 spiro atoms. The highest BCUT2D eigenvalue weighted by atomic mass is 16.2. The summed E-state index contributed by atoms with van der Waals surface area (Å²) in [6.45, 7) is 7.89. The number of nitrogens with zero attached hydrogens (tertiary/aromatic N) is 1. The van der Waals surface area contributed by atoms with Gasteiger partial charge in [0.2, 0.25) is 5.91 Å². The van der Waals surface area contributed by atoms with Crippen LogP contribution in [0.4, 0.5) is 0 Å². The SMILES string of the molecule is CC.CCN1CCCC1=O. The van der Waals surface area contributed by atoms with Crippen LogP contribution in [0.15, 0.2) is 0 Å². The van der Waals surface area contributed by atoms with Crippen molar-refractivity contribution in [3.8, 4) is 0 Å². The molecule has 60 valence electrons. The van der Waals surface area contributed by atoms with Gasteiger partial charge in [0.25, 0.3) is 0 Å². The molecular formula is C8H17NO. The van der Waals surface area contributed by atoms with E-state index in [1.807, 2.05) is 25.7 Å². The van der Waals surface area contributed by atoms with Gasteiger partial charge in [-0.05, 0) is 13.3 Å². The molecule has 0 atom stereocenters. The summed E-state index contributed by atoms with van der Waals surface area (Å²) in [6, 6.07) is 0. The maximum absolute atomic E-state index is 10.7. The van der Waals surface area contributed by atoms with Crippen molar-refractivity contribution in [1.29, 1.82) is 0 Å². The van der Waals surface area contributed by atoms with Gasteiger partial charge in [-0.3, -0.25) is 4.79 Å². The van der Waals surface area contributed by atoms with Crippen LogP contribution in [0.3, 0.4) is 0 Å². The third kappa shape index (κ3) is 2.38. The van der Waals surface area contributed by atoms with Gasteiger partial charge in [0.15, 0.2) is 0 Å². The molecule has 1 fully saturated rings. The molecule has 0 bridgehead atoms. The van der Waals surface area contributed by atoms with Crippen molar-refractivity contribution in [2.24, 2.45) is 0 Å². The molecule has 1 rings (SSSR count). The molecule has 0 aromatic heterocycles. The van der Waals surface area contributed by atoms with Crippen LogP contribution in [-0.4, -0.2) is 23.9 Å². The van der Waals surface area contributed by atoms with Crippen molar-refractivity contribution < 1.29 is 4.79 Å². The average Bonchev–Trinajstić information content (AvgIpc) is 2.39. The zero-order valence-corrected chi connectivity index (χ0v) is 7.18. The fourth-order valence-corrected chi connectivity index (χ4v) is 1.04. The van der Waals surface area contributed by atoms with Crippen molar-refractivity contribution in [1.82, 2.24) is 4.90 Å². The number of amides is 1.